The van der Waals surface area contributed by atoms with Crippen LogP contribution in [-0.2, 0) is 6.42 Å². The minimum atomic E-state index is 0.649. The maximum absolute atomic E-state index is 8.54. The summed E-state index contributed by atoms with van der Waals surface area (Å²) in [5.41, 5.74) is 1.79. The van der Waals surface area contributed by atoms with E-state index in [1.165, 1.54) is 0 Å². The van der Waals surface area contributed by atoms with E-state index in [1.807, 2.05) is 12.3 Å². The molecule has 2 nitrogen and oxygen atoms in total. The Hall–Kier alpha value is -1.36. The van der Waals surface area contributed by atoms with Crippen molar-refractivity contribution < 1.29 is 0 Å². The van der Waals surface area contributed by atoms with E-state index in [4.69, 9.17) is 5.26 Å². The molecule has 0 saturated heterocycles. The van der Waals surface area contributed by atoms with Gasteiger partial charge in [0.2, 0.25) is 0 Å². The topological polar surface area (TPSA) is 36.7 Å². The molecule has 0 unspecified atom stereocenters. The first-order valence-corrected chi connectivity index (χ1v) is 3.71. The summed E-state index contributed by atoms with van der Waals surface area (Å²) in [5.74, 6) is 0. The van der Waals surface area contributed by atoms with E-state index in [-0.39, 0.29) is 0 Å². The molecule has 1 heterocycles. The van der Waals surface area contributed by atoms with Crippen LogP contribution in [0, 0.1) is 11.3 Å². The standard InChI is InChI=1S/C9H10N2/c1-2-3-8-4-9(5-10)7-11-6-8/h4,6-7H,2-3H2,1H3. The van der Waals surface area contributed by atoms with Gasteiger partial charge in [-0.05, 0) is 18.1 Å². The molecule has 0 spiro atoms. The third-order valence-electron chi connectivity index (χ3n) is 1.46. The Bertz CT molecular complexity index is 273. The summed E-state index contributed by atoms with van der Waals surface area (Å²) in [6.07, 6.45) is 5.49. The van der Waals surface area contributed by atoms with Crippen molar-refractivity contribution in [2.45, 2.75) is 19.8 Å². The second-order valence-electron chi connectivity index (χ2n) is 2.44. The van der Waals surface area contributed by atoms with Gasteiger partial charge in [0.25, 0.3) is 0 Å². The summed E-state index contributed by atoms with van der Waals surface area (Å²) in [4.78, 5) is 3.95. The second-order valence-corrected chi connectivity index (χ2v) is 2.44. The van der Waals surface area contributed by atoms with Crippen LogP contribution >= 0.6 is 0 Å². The van der Waals surface area contributed by atoms with E-state index < -0.39 is 0 Å². The molecule has 11 heavy (non-hydrogen) atoms. The fourth-order valence-corrected chi connectivity index (χ4v) is 0.974. The monoisotopic (exact) mass is 146 g/mol. The van der Waals surface area contributed by atoms with Crippen LogP contribution in [0.2, 0.25) is 0 Å². The SMILES string of the molecule is CCCc1cncc(C#N)c1. The van der Waals surface area contributed by atoms with Crippen LogP contribution in [0.15, 0.2) is 18.5 Å². The lowest BCUT2D eigenvalue weighted by atomic mass is 10.1. The third-order valence-corrected chi connectivity index (χ3v) is 1.46. The number of aromatic nitrogens is 1. The number of hydrogen-bond acceptors (Lipinski definition) is 2. The zero-order valence-corrected chi connectivity index (χ0v) is 6.54. The zero-order valence-electron chi connectivity index (χ0n) is 6.54. The fraction of sp³-hybridized carbons (Fsp3) is 0.333. The highest BCUT2D eigenvalue weighted by molar-refractivity contribution is 5.28. The fourth-order valence-electron chi connectivity index (χ4n) is 0.974. The predicted octanol–water partition coefficient (Wildman–Crippen LogP) is 1.91. The van der Waals surface area contributed by atoms with Crippen LogP contribution in [0.1, 0.15) is 24.5 Å². The van der Waals surface area contributed by atoms with Crippen molar-refractivity contribution in [3.05, 3.63) is 29.6 Å². The van der Waals surface area contributed by atoms with Gasteiger partial charge < -0.3 is 0 Å². The molecule has 0 aliphatic carbocycles. The summed E-state index contributed by atoms with van der Waals surface area (Å²) in [5, 5.41) is 8.54. The second kappa shape index (κ2) is 3.72. The normalized spacial score (nSPS) is 9.09. The van der Waals surface area contributed by atoms with Gasteiger partial charge in [-0.2, -0.15) is 5.26 Å². The number of rotatable bonds is 2. The molecule has 0 fully saturated rings. The van der Waals surface area contributed by atoms with Crippen molar-refractivity contribution in [2.24, 2.45) is 0 Å². The van der Waals surface area contributed by atoms with Crippen LogP contribution in [0.4, 0.5) is 0 Å². The molecule has 0 radical (unpaired) electrons. The van der Waals surface area contributed by atoms with Gasteiger partial charge in [0.1, 0.15) is 6.07 Å². The highest BCUT2D eigenvalue weighted by Gasteiger charge is 1.93. The zero-order chi connectivity index (χ0) is 8.10. The van der Waals surface area contributed by atoms with Gasteiger partial charge in [-0.15, -0.1) is 0 Å². The molecular formula is C9H10N2. The van der Waals surface area contributed by atoms with Crippen molar-refractivity contribution in [3.63, 3.8) is 0 Å². The van der Waals surface area contributed by atoms with Crippen LogP contribution < -0.4 is 0 Å². The Balaban J connectivity index is 2.85. The molecule has 1 rings (SSSR count). The number of nitriles is 1. The maximum Gasteiger partial charge on any atom is 0.101 e. The first-order chi connectivity index (χ1) is 5.36. The molecule has 0 aliphatic rings. The Labute approximate surface area is 66.5 Å². The molecule has 0 saturated carbocycles. The van der Waals surface area contributed by atoms with Crippen molar-refractivity contribution in [1.82, 2.24) is 4.98 Å². The van der Waals surface area contributed by atoms with Crippen LogP contribution in [0.3, 0.4) is 0 Å². The molecule has 0 bridgehead atoms. The smallest absolute Gasteiger partial charge is 0.101 e. The Kier molecular flexibility index (Phi) is 2.62. The quantitative estimate of drug-likeness (QED) is 0.639. The van der Waals surface area contributed by atoms with Crippen molar-refractivity contribution in [2.75, 3.05) is 0 Å². The van der Waals surface area contributed by atoms with Gasteiger partial charge in [0, 0.05) is 12.4 Å². The van der Waals surface area contributed by atoms with Gasteiger partial charge in [-0.25, -0.2) is 0 Å². The van der Waals surface area contributed by atoms with Crippen LogP contribution in [-0.4, -0.2) is 4.98 Å². The summed E-state index contributed by atoms with van der Waals surface area (Å²) in [7, 11) is 0. The number of hydrogen-bond donors (Lipinski definition) is 0. The molecule has 0 aromatic carbocycles. The van der Waals surface area contributed by atoms with Crippen LogP contribution in [0.5, 0.6) is 0 Å². The Morgan fingerprint density at radius 2 is 2.36 bits per heavy atom. The van der Waals surface area contributed by atoms with Gasteiger partial charge in [-0.3, -0.25) is 4.98 Å². The summed E-state index contributed by atoms with van der Waals surface area (Å²) < 4.78 is 0. The average Bonchev–Trinajstić information content (AvgIpc) is 2.06. The van der Waals surface area contributed by atoms with E-state index in [0.29, 0.717) is 5.56 Å². The van der Waals surface area contributed by atoms with E-state index in [0.717, 1.165) is 18.4 Å². The summed E-state index contributed by atoms with van der Waals surface area (Å²) in [6.45, 7) is 2.11. The molecule has 1 aromatic rings. The van der Waals surface area contributed by atoms with Gasteiger partial charge in [0.05, 0.1) is 5.56 Å². The van der Waals surface area contributed by atoms with Gasteiger partial charge in [-0.1, -0.05) is 13.3 Å². The highest BCUT2D eigenvalue weighted by Crippen LogP contribution is 2.03. The van der Waals surface area contributed by atoms with Crippen molar-refractivity contribution in [3.8, 4) is 6.07 Å². The first-order valence-electron chi connectivity index (χ1n) is 3.71. The van der Waals surface area contributed by atoms with Crippen molar-refractivity contribution >= 4 is 0 Å². The molecule has 56 valence electrons. The van der Waals surface area contributed by atoms with Crippen molar-refractivity contribution in [1.29, 1.82) is 5.26 Å². The molecule has 0 amide bonds. The highest BCUT2D eigenvalue weighted by atomic mass is 14.6. The third kappa shape index (κ3) is 2.05. The molecular weight excluding hydrogens is 136 g/mol. The summed E-state index contributed by atoms with van der Waals surface area (Å²) >= 11 is 0. The maximum atomic E-state index is 8.54. The lowest BCUT2D eigenvalue weighted by Crippen LogP contribution is -1.86. The van der Waals surface area contributed by atoms with E-state index in [1.54, 1.807) is 6.20 Å². The van der Waals surface area contributed by atoms with E-state index >= 15 is 0 Å². The minimum absolute atomic E-state index is 0.649. The largest absolute Gasteiger partial charge is 0.263 e. The van der Waals surface area contributed by atoms with Crippen LogP contribution in [0.25, 0.3) is 0 Å². The predicted molar refractivity (Wildman–Crippen MR) is 42.9 cm³/mol. The Morgan fingerprint density at radius 3 is 3.00 bits per heavy atom. The molecule has 2 heteroatoms. The first kappa shape index (κ1) is 7.74. The lowest BCUT2D eigenvalue weighted by Gasteiger charge is -1.95. The van der Waals surface area contributed by atoms with E-state index in [2.05, 4.69) is 18.0 Å². The molecule has 0 aliphatic heterocycles. The van der Waals surface area contributed by atoms with Gasteiger partial charge >= 0.3 is 0 Å². The molecule has 0 N–H and O–H groups in total. The molecule has 0 atom stereocenters. The lowest BCUT2D eigenvalue weighted by molar-refractivity contribution is 0.913. The minimum Gasteiger partial charge on any atom is -0.263 e. The number of pyridine rings is 1. The van der Waals surface area contributed by atoms with E-state index in [9.17, 15) is 0 Å². The molecule has 1 aromatic heterocycles. The summed E-state index contributed by atoms with van der Waals surface area (Å²) in [6, 6.07) is 3.95. The average molecular weight is 146 g/mol. The Morgan fingerprint density at radius 1 is 1.55 bits per heavy atom. The number of aryl methyl sites for hydroxylation is 1. The van der Waals surface area contributed by atoms with Gasteiger partial charge in [0.15, 0.2) is 0 Å². The number of nitrogens with zero attached hydrogens (tertiary/aromatic N) is 2.